The number of para-hydroxylation sites is 1. The molecule has 2 bridgehead atoms. The van der Waals surface area contributed by atoms with Gasteiger partial charge in [-0.15, -0.1) is 0 Å². The lowest BCUT2D eigenvalue weighted by atomic mass is 9.47. The quantitative estimate of drug-likeness (QED) is 0.102. The van der Waals surface area contributed by atoms with E-state index in [2.05, 4.69) is 33.0 Å². The molecule has 6 aliphatic rings. The van der Waals surface area contributed by atoms with E-state index in [9.17, 15) is 29.7 Å². The first kappa shape index (κ1) is 41.1. The maximum Gasteiger partial charge on any atom is 0.344 e. The van der Waals surface area contributed by atoms with Gasteiger partial charge in [0.15, 0.2) is 6.10 Å². The number of aromatic amines is 1. The molecule has 1 aromatic heterocycles. The molecule has 2 unspecified atom stereocenters. The van der Waals surface area contributed by atoms with Crippen LogP contribution in [0.1, 0.15) is 80.8 Å². The molecule has 3 fully saturated rings. The lowest BCUT2D eigenvalue weighted by Crippen LogP contribution is -2.81. The Morgan fingerprint density at radius 3 is 2.53 bits per heavy atom. The highest BCUT2D eigenvalue weighted by molar-refractivity contribution is 5.88. The van der Waals surface area contributed by atoms with E-state index in [0.717, 1.165) is 46.4 Å². The number of carbonyl (C=O) groups excluding carboxylic acids is 3. The first-order valence-corrected chi connectivity index (χ1v) is 21.5. The number of carbonyl (C=O) groups is 3. The summed E-state index contributed by atoms with van der Waals surface area (Å²) in [5, 5.41) is 39.5. The third kappa shape index (κ3) is 5.50. The second-order valence-electron chi connectivity index (χ2n) is 18.3. The normalized spacial score (nSPS) is 36.6. The van der Waals surface area contributed by atoms with E-state index < -0.39 is 51.5 Å². The fourth-order valence-electron chi connectivity index (χ4n) is 13.5. The number of hydrogen-bond acceptors (Lipinski definition) is 13. The number of aliphatic hydroxyl groups is 3. The molecule has 60 heavy (non-hydrogen) atoms. The van der Waals surface area contributed by atoms with Gasteiger partial charge in [-0.1, -0.05) is 50.3 Å². The number of hydroxylamine groups is 1. The van der Waals surface area contributed by atoms with Crippen molar-refractivity contribution in [3.63, 3.8) is 0 Å². The predicted octanol–water partition coefficient (Wildman–Crippen LogP) is 3.41. The molecule has 4 N–H and O–H groups in total. The van der Waals surface area contributed by atoms with E-state index in [0.29, 0.717) is 75.9 Å². The number of aliphatic hydroxyl groups excluding tert-OH is 1. The zero-order chi connectivity index (χ0) is 42.4. The van der Waals surface area contributed by atoms with E-state index in [1.807, 2.05) is 44.2 Å². The van der Waals surface area contributed by atoms with E-state index in [1.54, 1.807) is 5.06 Å². The molecule has 2 aromatic carbocycles. The number of piperidine rings is 1. The molecule has 14 nitrogen and oxygen atoms in total. The maximum absolute atomic E-state index is 14.4. The number of hydrogen-bond donors (Lipinski definition) is 4. The van der Waals surface area contributed by atoms with Crippen molar-refractivity contribution in [3.8, 4) is 0 Å². The van der Waals surface area contributed by atoms with Crippen molar-refractivity contribution in [1.29, 1.82) is 0 Å². The Morgan fingerprint density at radius 2 is 1.83 bits per heavy atom. The average molecular weight is 827 g/mol. The molecule has 14 heteroatoms. The Balaban J connectivity index is 1.36. The second kappa shape index (κ2) is 14.7. The van der Waals surface area contributed by atoms with Crippen LogP contribution in [0.3, 0.4) is 0 Å². The number of aromatic nitrogens is 1. The van der Waals surface area contributed by atoms with Crippen molar-refractivity contribution < 1.29 is 48.8 Å². The highest BCUT2D eigenvalue weighted by Crippen LogP contribution is 2.68. The Bertz CT molecular complexity index is 2240. The van der Waals surface area contributed by atoms with Gasteiger partial charge in [-0.25, -0.2) is 9.86 Å². The largest absolute Gasteiger partial charge is 0.467 e. The van der Waals surface area contributed by atoms with Crippen molar-refractivity contribution in [2.24, 2.45) is 11.3 Å². The minimum atomic E-state index is -2.42. The number of nitrogens with zero attached hydrogens (tertiary/aromatic N) is 3. The SMILES string of the molecule is CC[C@]1(O)C[C@H]2CN(CCc3c([nH]c4ccccc34)[C@@](COC=O)(c3cc4c(cc3CO)N(OC)[C@@H]3[C@]45CCN4CC=C[C@@](CC)(C(OC(C)=O)[C@]3(O)C(=O)OC)[C@H]45)C2)C1. The molecule has 5 aliphatic heterocycles. The van der Waals surface area contributed by atoms with Crippen LogP contribution in [0.4, 0.5) is 5.69 Å². The van der Waals surface area contributed by atoms with E-state index >= 15 is 0 Å². The summed E-state index contributed by atoms with van der Waals surface area (Å²) in [7, 11) is 2.71. The number of fused-ring (bicyclic) bond motifs is 6. The predicted molar refractivity (Wildman–Crippen MR) is 221 cm³/mol. The Hall–Kier alpha value is -4.31. The van der Waals surface area contributed by atoms with Crippen LogP contribution in [0.25, 0.3) is 10.9 Å². The van der Waals surface area contributed by atoms with Crippen molar-refractivity contribution in [1.82, 2.24) is 14.8 Å². The van der Waals surface area contributed by atoms with Crippen molar-refractivity contribution in [3.05, 3.63) is 76.5 Å². The van der Waals surface area contributed by atoms with Gasteiger partial charge in [-0.05, 0) is 85.4 Å². The number of rotatable bonds is 10. The third-order valence-corrected chi connectivity index (χ3v) is 15.6. The van der Waals surface area contributed by atoms with Crippen LogP contribution in [0.2, 0.25) is 0 Å². The van der Waals surface area contributed by atoms with Crippen LogP contribution < -0.4 is 5.06 Å². The number of ether oxygens (including phenoxy) is 3. The van der Waals surface area contributed by atoms with Gasteiger partial charge in [0.2, 0.25) is 5.60 Å². The molecule has 2 saturated heterocycles. The van der Waals surface area contributed by atoms with Gasteiger partial charge >= 0.3 is 11.9 Å². The fraction of sp³-hybridized carbons (Fsp3) is 0.587. The maximum atomic E-state index is 14.4. The first-order valence-electron chi connectivity index (χ1n) is 21.5. The minimum absolute atomic E-state index is 0.0284. The molecule has 10 atom stereocenters. The van der Waals surface area contributed by atoms with Crippen LogP contribution in [-0.2, 0) is 57.3 Å². The van der Waals surface area contributed by atoms with Gasteiger partial charge in [-0.2, -0.15) is 0 Å². The number of anilines is 1. The minimum Gasteiger partial charge on any atom is -0.467 e. The Morgan fingerprint density at radius 1 is 1.03 bits per heavy atom. The van der Waals surface area contributed by atoms with Crippen molar-refractivity contribution in [2.45, 2.75) is 106 Å². The van der Waals surface area contributed by atoms with E-state index in [-0.39, 0.29) is 25.2 Å². The first-order chi connectivity index (χ1) is 28.8. The lowest BCUT2D eigenvalue weighted by molar-refractivity contribution is -0.234. The number of methoxy groups -OCH3 is 1. The zero-order valence-electron chi connectivity index (χ0n) is 35.2. The smallest absolute Gasteiger partial charge is 0.344 e. The molecule has 9 rings (SSSR count). The molecule has 0 radical (unpaired) electrons. The fourth-order valence-corrected chi connectivity index (χ4v) is 13.5. The monoisotopic (exact) mass is 826 g/mol. The van der Waals surface area contributed by atoms with Crippen LogP contribution >= 0.6 is 0 Å². The number of H-pyrrole nitrogens is 1. The molecular weight excluding hydrogens is 769 g/mol. The number of nitrogens with one attached hydrogen (secondary N) is 1. The summed E-state index contributed by atoms with van der Waals surface area (Å²) in [6.07, 6.45) is 5.94. The molecular formula is C46H58N4O10. The van der Waals surface area contributed by atoms with Crippen LogP contribution in [0.5, 0.6) is 0 Å². The second-order valence-corrected chi connectivity index (χ2v) is 18.3. The summed E-state index contributed by atoms with van der Waals surface area (Å²) in [6.45, 7) is 8.59. The molecule has 1 spiro atoms. The number of benzene rings is 2. The van der Waals surface area contributed by atoms with Gasteiger partial charge < -0.3 is 34.5 Å². The van der Waals surface area contributed by atoms with E-state index in [1.165, 1.54) is 21.1 Å². The summed E-state index contributed by atoms with van der Waals surface area (Å²) in [5.41, 5.74) is -0.817. The standard InChI is InChI=1S/C46H58N4O10/c1-6-42(55)21-29-22-44(26-59-27-52,37-32(13-17-48(23-29)25-42)31-11-8-9-12-35(31)47-37)33-20-34-36(19-30(33)24-51)50(58-5)39-45(34)15-18-49-16-10-14-43(7-2,38(45)49)40(60-28(3)53)46(39,56)41(54)57-4/h8-12,14,19-20,27,29,38-40,47,51,55-56H,6-7,13,15-18,21-26H2,1-5H3/t29-,38+,39-,40?,42+,43-,44+,45-,46+/m1/s1. The van der Waals surface area contributed by atoms with Crippen molar-refractivity contribution in [2.75, 3.05) is 58.6 Å². The average Bonchev–Trinajstić information content (AvgIpc) is 3.92. The van der Waals surface area contributed by atoms with Gasteiger partial charge in [0.1, 0.15) is 12.6 Å². The summed E-state index contributed by atoms with van der Waals surface area (Å²) in [4.78, 5) is 54.7. The summed E-state index contributed by atoms with van der Waals surface area (Å²) in [5.74, 6) is -1.61. The Kier molecular flexibility index (Phi) is 10.0. The van der Waals surface area contributed by atoms with Crippen LogP contribution in [0.15, 0.2) is 48.6 Å². The topological polar surface area (TPSA) is 174 Å². The third-order valence-electron chi connectivity index (χ3n) is 15.6. The number of esters is 2. The summed E-state index contributed by atoms with van der Waals surface area (Å²) >= 11 is 0. The molecule has 1 saturated carbocycles. The van der Waals surface area contributed by atoms with Gasteiger partial charge in [-0.3, -0.25) is 24.2 Å². The van der Waals surface area contributed by atoms with Crippen LogP contribution in [0, 0.1) is 11.3 Å². The lowest BCUT2D eigenvalue weighted by Gasteiger charge is -2.63. The van der Waals surface area contributed by atoms with Crippen molar-refractivity contribution >= 4 is 35.0 Å². The summed E-state index contributed by atoms with van der Waals surface area (Å²) in [6, 6.07) is 10.7. The molecule has 3 aromatic rings. The van der Waals surface area contributed by atoms with Crippen LogP contribution in [-0.4, -0.2) is 131 Å². The summed E-state index contributed by atoms with van der Waals surface area (Å²) < 4.78 is 17.5. The highest BCUT2D eigenvalue weighted by atomic mass is 16.7. The highest BCUT2D eigenvalue weighted by Gasteiger charge is 2.81. The zero-order valence-corrected chi connectivity index (χ0v) is 35.2. The molecule has 6 heterocycles. The van der Waals surface area contributed by atoms with Gasteiger partial charge in [0.05, 0.1) is 37.5 Å². The molecule has 1 aliphatic carbocycles. The molecule has 0 amide bonds. The van der Waals surface area contributed by atoms with Gasteiger partial charge in [0, 0.05) is 66.6 Å². The van der Waals surface area contributed by atoms with E-state index in [4.69, 9.17) is 19.0 Å². The Labute approximate surface area is 350 Å². The van der Waals surface area contributed by atoms with Gasteiger partial charge in [0.25, 0.3) is 6.47 Å². The molecule has 322 valence electrons.